The molecule has 0 spiro atoms. The lowest BCUT2D eigenvalue weighted by molar-refractivity contribution is 0.468. The van der Waals surface area contributed by atoms with Crippen LogP contribution in [-0.4, -0.2) is 17.2 Å². The Morgan fingerprint density at radius 2 is 2.00 bits per heavy atom. The van der Waals surface area contributed by atoms with Crippen LogP contribution in [0.4, 0.5) is 0 Å². The molecule has 2 atom stereocenters. The summed E-state index contributed by atoms with van der Waals surface area (Å²) in [6.45, 7) is 4.59. The number of hydrogen-bond acceptors (Lipinski definition) is 2. The molecule has 1 N–H and O–H groups in total. The second kappa shape index (κ2) is 7.58. The van der Waals surface area contributed by atoms with Crippen LogP contribution in [0.5, 0.6) is 0 Å². The van der Waals surface area contributed by atoms with Gasteiger partial charge in [0.15, 0.2) is 0 Å². The van der Waals surface area contributed by atoms with E-state index in [1.54, 1.807) is 0 Å². The van der Waals surface area contributed by atoms with E-state index in [1.165, 1.54) is 50.7 Å². The van der Waals surface area contributed by atoms with Crippen molar-refractivity contribution in [2.75, 3.05) is 5.75 Å². The van der Waals surface area contributed by atoms with E-state index in [1.807, 2.05) is 0 Å². The standard InChI is InChI=1S/C12H25NS/c1-3-4-5-6-7-8-12-13-11(2)9-10-14-12/h11-13H,3-10H2,1-2H3. The molecule has 0 aromatic carbocycles. The Labute approximate surface area is 93.4 Å². The summed E-state index contributed by atoms with van der Waals surface area (Å²) in [7, 11) is 0. The van der Waals surface area contributed by atoms with Crippen LogP contribution in [0.3, 0.4) is 0 Å². The molecule has 0 aliphatic carbocycles. The first-order valence-corrected chi connectivity index (χ1v) is 7.25. The lowest BCUT2D eigenvalue weighted by Gasteiger charge is -2.28. The molecule has 14 heavy (non-hydrogen) atoms. The Morgan fingerprint density at radius 3 is 2.71 bits per heavy atom. The topological polar surface area (TPSA) is 12.0 Å². The summed E-state index contributed by atoms with van der Waals surface area (Å²) < 4.78 is 0. The van der Waals surface area contributed by atoms with Crippen molar-refractivity contribution in [2.24, 2.45) is 0 Å². The highest BCUT2D eigenvalue weighted by Crippen LogP contribution is 2.22. The second-order valence-electron chi connectivity index (χ2n) is 4.42. The summed E-state index contributed by atoms with van der Waals surface area (Å²) in [4.78, 5) is 0. The van der Waals surface area contributed by atoms with E-state index in [4.69, 9.17) is 0 Å². The van der Waals surface area contributed by atoms with Crippen molar-refractivity contribution in [1.82, 2.24) is 5.32 Å². The third kappa shape index (κ3) is 5.26. The predicted molar refractivity (Wildman–Crippen MR) is 66.8 cm³/mol. The van der Waals surface area contributed by atoms with Crippen molar-refractivity contribution >= 4 is 11.8 Å². The van der Waals surface area contributed by atoms with Gasteiger partial charge in [0.1, 0.15) is 0 Å². The average molecular weight is 215 g/mol. The fourth-order valence-electron chi connectivity index (χ4n) is 1.94. The summed E-state index contributed by atoms with van der Waals surface area (Å²) in [5.41, 5.74) is 0. The van der Waals surface area contributed by atoms with Crippen LogP contribution in [-0.2, 0) is 0 Å². The summed E-state index contributed by atoms with van der Waals surface area (Å²) in [5.74, 6) is 1.35. The van der Waals surface area contributed by atoms with E-state index in [2.05, 4.69) is 30.9 Å². The number of unbranched alkanes of at least 4 members (excludes halogenated alkanes) is 4. The maximum Gasteiger partial charge on any atom is 0.0534 e. The predicted octanol–water partition coefficient (Wildman–Crippen LogP) is 3.79. The van der Waals surface area contributed by atoms with Crippen molar-refractivity contribution in [3.63, 3.8) is 0 Å². The van der Waals surface area contributed by atoms with Crippen molar-refractivity contribution in [3.8, 4) is 0 Å². The van der Waals surface area contributed by atoms with E-state index in [9.17, 15) is 0 Å². The Bertz CT molecular complexity index is 138. The molecule has 1 rings (SSSR count). The molecule has 2 unspecified atom stereocenters. The molecule has 84 valence electrons. The van der Waals surface area contributed by atoms with Gasteiger partial charge in [0.2, 0.25) is 0 Å². The van der Waals surface area contributed by atoms with Crippen molar-refractivity contribution in [1.29, 1.82) is 0 Å². The fourth-order valence-corrected chi connectivity index (χ4v) is 3.37. The normalized spacial score (nSPS) is 27.9. The average Bonchev–Trinajstić information content (AvgIpc) is 2.18. The summed E-state index contributed by atoms with van der Waals surface area (Å²) in [6, 6.07) is 0.747. The van der Waals surface area contributed by atoms with Gasteiger partial charge in [-0.25, -0.2) is 0 Å². The quantitative estimate of drug-likeness (QED) is 0.677. The maximum atomic E-state index is 3.67. The van der Waals surface area contributed by atoms with Crippen LogP contribution in [0.2, 0.25) is 0 Å². The Balaban J connectivity index is 1.95. The first-order valence-electron chi connectivity index (χ1n) is 6.20. The SMILES string of the molecule is CCCCCCCC1NC(C)CCS1. The molecule has 1 nitrogen and oxygen atoms in total. The van der Waals surface area contributed by atoms with E-state index < -0.39 is 0 Å². The second-order valence-corrected chi connectivity index (χ2v) is 5.73. The van der Waals surface area contributed by atoms with Gasteiger partial charge in [0.05, 0.1) is 5.37 Å². The number of rotatable bonds is 6. The van der Waals surface area contributed by atoms with Crippen molar-refractivity contribution in [2.45, 2.75) is 70.2 Å². The van der Waals surface area contributed by atoms with Gasteiger partial charge in [-0.3, -0.25) is 0 Å². The molecule has 0 saturated carbocycles. The molecule has 1 saturated heterocycles. The smallest absolute Gasteiger partial charge is 0.0534 e. The van der Waals surface area contributed by atoms with E-state index in [0.29, 0.717) is 0 Å². The lowest BCUT2D eigenvalue weighted by atomic mass is 10.1. The van der Waals surface area contributed by atoms with E-state index in [-0.39, 0.29) is 0 Å². The van der Waals surface area contributed by atoms with Gasteiger partial charge in [0, 0.05) is 6.04 Å². The molecule has 1 heterocycles. The molecule has 0 amide bonds. The molecule has 0 bridgehead atoms. The van der Waals surface area contributed by atoms with E-state index >= 15 is 0 Å². The number of hydrogen-bond donors (Lipinski definition) is 1. The summed E-state index contributed by atoms with van der Waals surface area (Å²) in [5, 5.41) is 4.42. The summed E-state index contributed by atoms with van der Waals surface area (Å²) in [6.07, 6.45) is 9.77. The Hall–Kier alpha value is 0.310. The molecule has 1 aliphatic heterocycles. The minimum Gasteiger partial charge on any atom is -0.303 e. The fraction of sp³-hybridized carbons (Fsp3) is 1.00. The van der Waals surface area contributed by atoms with Crippen LogP contribution in [0.25, 0.3) is 0 Å². The number of nitrogens with one attached hydrogen (secondary N) is 1. The minimum absolute atomic E-state index is 0.747. The Morgan fingerprint density at radius 1 is 1.21 bits per heavy atom. The molecular formula is C12H25NS. The minimum atomic E-state index is 0.747. The zero-order chi connectivity index (χ0) is 10.2. The molecule has 0 radical (unpaired) electrons. The zero-order valence-electron chi connectivity index (χ0n) is 9.72. The largest absolute Gasteiger partial charge is 0.303 e. The molecule has 0 aromatic rings. The van der Waals surface area contributed by atoms with Gasteiger partial charge in [0.25, 0.3) is 0 Å². The first-order chi connectivity index (χ1) is 6.83. The van der Waals surface area contributed by atoms with Gasteiger partial charge < -0.3 is 5.32 Å². The van der Waals surface area contributed by atoms with Gasteiger partial charge in [-0.05, 0) is 25.5 Å². The van der Waals surface area contributed by atoms with Crippen LogP contribution in [0, 0.1) is 0 Å². The highest BCUT2D eigenvalue weighted by atomic mass is 32.2. The zero-order valence-corrected chi connectivity index (χ0v) is 10.5. The van der Waals surface area contributed by atoms with Crippen LogP contribution >= 0.6 is 11.8 Å². The van der Waals surface area contributed by atoms with Crippen LogP contribution < -0.4 is 5.32 Å². The third-order valence-corrected chi connectivity index (χ3v) is 4.16. The summed E-state index contributed by atoms with van der Waals surface area (Å²) >= 11 is 2.12. The highest BCUT2D eigenvalue weighted by Gasteiger charge is 2.17. The lowest BCUT2D eigenvalue weighted by Crippen LogP contribution is -2.38. The molecule has 1 aliphatic rings. The molecule has 0 aromatic heterocycles. The first kappa shape index (κ1) is 12.4. The van der Waals surface area contributed by atoms with Crippen LogP contribution in [0.15, 0.2) is 0 Å². The highest BCUT2D eigenvalue weighted by molar-refractivity contribution is 7.99. The molecule has 2 heteroatoms. The Kier molecular flexibility index (Phi) is 6.70. The van der Waals surface area contributed by atoms with Gasteiger partial charge in [-0.15, -0.1) is 11.8 Å². The van der Waals surface area contributed by atoms with Gasteiger partial charge in [-0.2, -0.15) is 0 Å². The molecular weight excluding hydrogens is 190 g/mol. The van der Waals surface area contributed by atoms with E-state index in [0.717, 1.165) is 11.4 Å². The van der Waals surface area contributed by atoms with Gasteiger partial charge in [-0.1, -0.05) is 39.0 Å². The maximum absolute atomic E-state index is 3.67. The number of thioether (sulfide) groups is 1. The van der Waals surface area contributed by atoms with Crippen molar-refractivity contribution in [3.05, 3.63) is 0 Å². The van der Waals surface area contributed by atoms with Gasteiger partial charge >= 0.3 is 0 Å². The van der Waals surface area contributed by atoms with Crippen LogP contribution in [0.1, 0.15) is 58.8 Å². The molecule has 1 fully saturated rings. The third-order valence-electron chi connectivity index (χ3n) is 2.91. The van der Waals surface area contributed by atoms with Crippen molar-refractivity contribution < 1.29 is 0 Å². The monoisotopic (exact) mass is 215 g/mol.